The molecule has 0 aliphatic carbocycles. The molecule has 0 radical (unpaired) electrons. The second kappa shape index (κ2) is 8.70. The van der Waals surface area contributed by atoms with Gasteiger partial charge < -0.3 is 25.6 Å². The number of aromatic amines is 1. The highest BCUT2D eigenvalue weighted by Gasteiger charge is 2.22. The molecule has 0 aromatic carbocycles. The van der Waals surface area contributed by atoms with Crippen molar-refractivity contribution in [2.75, 3.05) is 54.9 Å². The fourth-order valence-corrected chi connectivity index (χ4v) is 3.66. The second-order valence-corrected chi connectivity index (χ2v) is 7.25. The quantitative estimate of drug-likeness (QED) is 0.644. The summed E-state index contributed by atoms with van der Waals surface area (Å²) < 4.78 is 5.46. The molecule has 2 aromatic rings. The van der Waals surface area contributed by atoms with E-state index in [0.717, 1.165) is 81.9 Å². The average Bonchev–Trinajstić information content (AvgIpc) is 3.18. The number of aryl methyl sites for hydroxylation is 1. The van der Waals surface area contributed by atoms with Gasteiger partial charge in [-0.25, -0.2) is 4.98 Å². The molecule has 0 unspecified atom stereocenters. The van der Waals surface area contributed by atoms with E-state index < -0.39 is 0 Å². The number of nitrogens with two attached hydrogens (primary N) is 1. The molecule has 4 heterocycles. The molecule has 10 nitrogen and oxygen atoms in total. The number of ether oxygens (including phenoxy) is 1. The Hall–Kier alpha value is -2.46. The van der Waals surface area contributed by atoms with Crippen LogP contribution in [-0.2, 0) is 17.7 Å². The molecular formula is C18H29N9O. The molecule has 0 saturated carbocycles. The first-order valence-electron chi connectivity index (χ1n) is 10.1. The van der Waals surface area contributed by atoms with E-state index in [2.05, 4.69) is 43.3 Å². The molecule has 152 valence electrons. The summed E-state index contributed by atoms with van der Waals surface area (Å²) in [6, 6.07) is 2.59. The number of anilines is 3. The van der Waals surface area contributed by atoms with E-state index >= 15 is 0 Å². The summed E-state index contributed by atoms with van der Waals surface area (Å²) in [5.74, 6) is 2.94. The van der Waals surface area contributed by atoms with Crippen molar-refractivity contribution >= 4 is 17.7 Å². The molecule has 2 aromatic heterocycles. The predicted molar refractivity (Wildman–Crippen MR) is 107 cm³/mol. The Bertz CT molecular complexity index is 766. The molecule has 2 aliphatic rings. The summed E-state index contributed by atoms with van der Waals surface area (Å²) in [6.45, 7) is 7.92. The third-order valence-corrected chi connectivity index (χ3v) is 5.34. The first kappa shape index (κ1) is 18.9. The van der Waals surface area contributed by atoms with Gasteiger partial charge in [-0.3, -0.25) is 5.10 Å². The number of morpholine rings is 1. The van der Waals surface area contributed by atoms with Gasteiger partial charge in [0, 0.05) is 44.0 Å². The smallest absolute Gasteiger partial charge is 0.239 e. The maximum atomic E-state index is 5.55. The highest BCUT2D eigenvalue weighted by molar-refractivity contribution is 5.46. The minimum absolute atomic E-state index is 0.290. The molecular weight excluding hydrogens is 358 g/mol. The third kappa shape index (κ3) is 4.50. The minimum Gasteiger partial charge on any atom is -0.378 e. The van der Waals surface area contributed by atoms with Gasteiger partial charge in [-0.05, 0) is 19.3 Å². The maximum Gasteiger partial charge on any atom is 0.239 e. The number of nitrogens with zero attached hydrogens (tertiary/aromatic N) is 6. The van der Waals surface area contributed by atoms with E-state index in [0.29, 0.717) is 12.6 Å². The van der Waals surface area contributed by atoms with Crippen molar-refractivity contribution in [3.8, 4) is 0 Å². The first-order chi connectivity index (χ1) is 13.7. The van der Waals surface area contributed by atoms with E-state index in [1.54, 1.807) is 0 Å². The van der Waals surface area contributed by atoms with Gasteiger partial charge in [0.15, 0.2) is 0 Å². The lowest BCUT2D eigenvalue weighted by Gasteiger charge is -2.34. The third-order valence-electron chi connectivity index (χ3n) is 5.34. The molecule has 2 fully saturated rings. The van der Waals surface area contributed by atoms with E-state index in [-0.39, 0.29) is 5.95 Å². The van der Waals surface area contributed by atoms with Crippen LogP contribution in [0, 0.1) is 0 Å². The maximum absolute atomic E-state index is 5.55. The fraction of sp³-hybridized carbons (Fsp3) is 0.667. The Morgan fingerprint density at radius 3 is 2.61 bits per heavy atom. The van der Waals surface area contributed by atoms with Crippen LogP contribution in [0.3, 0.4) is 0 Å². The summed E-state index contributed by atoms with van der Waals surface area (Å²) in [4.78, 5) is 18.4. The van der Waals surface area contributed by atoms with Crippen LogP contribution >= 0.6 is 0 Å². The Balaban J connectivity index is 1.36. The molecule has 0 atom stereocenters. The van der Waals surface area contributed by atoms with E-state index in [9.17, 15) is 0 Å². The second-order valence-electron chi connectivity index (χ2n) is 7.25. The SMILES string of the molecule is CCc1cc(N2CCC(NCc3nc(N)n[nH]3)CC2)nc(N2CCOCC2)n1. The first-order valence-corrected chi connectivity index (χ1v) is 10.1. The van der Waals surface area contributed by atoms with Gasteiger partial charge in [-0.2, -0.15) is 9.97 Å². The van der Waals surface area contributed by atoms with Gasteiger partial charge in [0.05, 0.1) is 19.8 Å². The van der Waals surface area contributed by atoms with E-state index in [1.165, 1.54) is 0 Å². The zero-order valence-corrected chi connectivity index (χ0v) is 16.4. The van der Waals surface area contributed by atoms with Crippen molar-refractivity contribution in [2.45, 2.75) is 38.8 Å². The number of aromatic nitrogens is 5. The number of hydrogen-bond donors (Lipinski definition) is 3. The summed E-state index contributed by atoms with van der Waals surface area (Å²) in [6.07, 6.45) is 3.02. The normalized spacial score (nSPS) is 18.6. The zero-order valence-electron chi connectivity index (χ0n) is 16.4. The molecule has 4 rings (SSSR count). The molecule has 0 amide bonds. The molecule has 28 heavy (non-hydrogen) atoms. The number of H-pyrrole nitrogens is 1. The Labute approximate surface area is 164 Å². The minimum atomic E-state index is 0.290. The van der Waals surface area contributed by atoms with Gasteiger partial charge in [0.1, 0.15) is 11.6 Å². The topological polar surface area (TPSA) is 121 Å². The Morgan fingerprint density at radius 2 is 1.93 bits per heavy atom. The highest BCUT2D eigenvalue weighted by atomic mass is 16.5. The van der Waals surface area contributed by atoms with Crippen LogP contribution in [0.1, 0.15) is 31.3 Å². The van der Waals surface area contributed by atoms with Gasteiger partial charge in [-0.1, -0.05) is 6.92 Å². The number of hydrogen-bond acceptors (Lipinski definition) is 9. The van der Waals surface area contributed by atoms with Gasteiger partial charge >= 0.3 is 0 Å². The zero-order chi connectivity index (χ0) is 19.3. The van der Waals surface area contributed by atoms with Crippen molar-refractivity contribution in [3.05, 3.63) is 17.6 Å². The predicted octanol–water partition coefficient (Wildman–Crippen LogP) is 0.335. The highest BCUT2D eigenvalue weighted by Crippen LogP contribution is 2.22. The molecule has 4 N–H and O–H groups in total. The van der Waals surface area contributed by atoms with Crippen LogP contribution in [0.25, 0.3) is 0 Å². The number of piperidine rings is 1. The van der Waals surface area contributed by atoms with Crippen molar-refractivity contribution in [2.24, 2.45) is 0 Å². The monoisotopic (exact) mass is 387 g/mol. The van der Waals surface area contributed by atoms with Crippen molar-refractivity contribution < 1.29 is 4.74 Å². The molecule has 2 aliphatic heterocycles. The van der Waals surface area contributed by atoms with Crippen molar-refractivity contribution in [1.82, 2.24) is 30.5 Å². The number of rotatable bonds is 6. The van der Waals surface area contributed by atoms with Gasteiger partial charge in [0.25, 0.3) is 0 Å². The van der Waals surface area contributed by atoms with Crippen LogP contribution < -0.4 is 20.9 Å². The van der Waals surface area contributed by atoms with Gasteiger partial charge in [-0.15, -0.1) is 5.10 Å². The molecule has 0 spiro atoms. The van der Waals surface area contributed by atoms with Crippen LogP contribution in [0.2, 0.25) is 0 Å². The molecule has 10 heteroatoms. The van der Waals surface area contributed by atoms with E-state index in [4.69, 9.17) is 20.4 Å². The Kier molecular flexibility index (Phi) is 5.87. The van der Waals surface area contributed by atoms with E-state index in [1.807, 2.05) is 0 Å². The van der Waals surface area contributed by atoms with Crippen LogP contribution in [0.15, 0.2) is 6.07 Å². The Morgan fingerprint density at radius 1 is 1.14 bits per heavy atom. The largest absolute Gasteiger partial charge is 0.378 e. The summed E-state index contributed by atoms with van der Waals surface area (Å²) in [5, 5.41) is 10.2. The van der Waals surface area contributed by atoms with Crippen LogP contribution in [-0.4, -0.2) is 70.6 Å². The van der Waals surface area contributed by atoms with Crippen LogP contribution in [0.5, 0.6) is 0 Å². The number of nitrogen functional groups attached to an aromatic ring is 1. The lowest BCUT2D eigenvalue weighted by molar-refractivity contribution is 0.122. The molecule has 0 bridgehead atoms. The van der Waals surface area contributed by atoms with Crippen molar-refractivity contribution in [1.29, 1.82) is 0 Å². The molecule has 2 saturated heterocycles. The lowest BCUT2D eigenvalue weighted by atomic mass is 10.0. The average molecular weight is 387 g/mol. The fourth-order valence-electron chi connectivity index (χ4n) is 3.66. The summed E-state index contributed by atoms with van der Waals surface area (Å²) in [7, 11) is 0. The standard InChI is InChI=1S/C18H29N9O/c1-2-13-11-16(23-18(21-13)27-7-9-28-10-8-27)26-5-3-14(4-6-26)20-12-15-22-17(19)25-24-15/h11,14,20H,2-10,12H2,1H3,(H3,19,22,24,25). The lowest BCUT2D eigenvalue weighted by Crippen LogP contribution is -2.43. The van der Waals surface area contributed by atoms with Gasteiger partial charge in [0.2, 0.25) is 11.9 Å². The number of nitrogens with one attached hydrogen (secondary N) is 2. The van der Waals surface area contributed by atoms with Crippen molar-refractivity contribution in [3.63, 3.8) is 0 Å². The summed E-state index contributed by atoms with van der Waals surface area (Å²) in [5.41, 5.74) is 6.64. The van der Waals surface area contributed by atoms with Crippen LogP contribution in [0.4, 0.5) is 17.7 Å². The summed E-state index contributed by atoms with van der Waals surface area (Å²) >= 11 is 0.